The average molecular weight is 236 g/mol. The molecule has 1 fully saturated rings. The molecule has 1 unspecified atom stereocenters. The third-order valence-electron chi connectivity index (χ3n) is 3.27. The van der Waals surface area contributed by atoms with E-state index in [-0.39, 0.29) is 6.61 Å². The van der Waals surface area contributed by atoms with Gasteiger partial charge in [-0.15, -0.1) is 0 Å². The lowest BCUT2D eigenvalue weighted by Crippen LogP contribution is -2.30. The highest BCUT2D eigenvalue weighted by molar-refractivity contribution is 5.38. The molecule has 2 heterocycles. The minimum absolute atomic E-state index is 0.266. The molecule has 0 radical (unpaired) electrons. The molecule has 0 aliphatic carbocycles. The summed E-state index contributed by atoms with van der Waals surface area (Å²) in [5.74, 6) is 0.933. The van der Waals surface area contributed by atoms with Crippen LogP contribution in [0, 0.1) is 0 Å². The molecule has 0 aromatic carbocycles. The van der Waals surface area contributed by atoms with Crippen LogP contribution in [-0.4, -0.2) is 34.3 Å². The second kappa shape index (κ2) is 5.93. The van der Waals surface area contributed by atoms with Crippen LogP contribution in [0.25, 0.3) is 0 Å². The Kier molecular flexibility index (Phi) is 4.28. The highest BCUT2D eigenvalue weighted by Gasteiger charge is 2.25. The van der Waals surface area contributed by atoms with Gasteiger partial charge in [0.1, 0.15) is 5.82 Å². The van der Waals surface area contributed by atoms with Crippen LogP contribution < -0.4 is 10.6 Å². The Morgan fingerprint density at radius 3 is 2.94 bits per heavy atom. The third-order valence-corrected chi connectivity index (χ3v) is 3.27. The minimum atomic E-state index is 0.266. The first-order valence-corrected chi connectivity index (χ1v) is 6.23. The van der Waals surface area contributed by atoms with Gasteiger partial charge in [-0.05, 0) is 25.7 Å². The van der Waals surface area contributed by atoms with Gasteiger partial charge in [0.05, 0.1) is 18.1 Å². The number of nitrogens with two attached hydrogens (primary N) is 1. The van der Waals surface area contributed by atoms with Gasteiger partial charge in [0.2, 0.25) is 0 Å². The molecule has 3 N–H and O–H groups in total. The van der Waals surface area contributed by atoms with Gasteiger partial charge in [-0.25, -0.2) is 4.98 Å². The van der Waals surface area contributed by atoms with Crippen LogP contribution in [0.15, 0.2) is 12.4 Å². The summed E-state index contributed by atoms with van der Waals surface area (Å²) in [6.45, 7) is 1.73. The van der Waals surface area contributed by atoms with Crippen molar-refractivity contribution in [2.24, 2.45) is 5.73 Å². The van der Waals surface area contributed by atoms with E-state index in [0.717, 1.165) is 30.9 Å². The van der Waals surface area contributed by atoms with E-state index in [1.54, 1.807) is 12.4 Å². The van der Waals surface area contributed by atoms with E-state index in [4.69, 9.17) is 10.8 Å². The van der Waals surface area contributed by atoms with Crippen molar-refractivity contribution in [1.29, 1.82) is 0 Å². The fraction of sp³-hybridized carbons (Fsp3) is 0.667. The molecule has 0 amide bonds. The fourth-order valence-corrected chi connectivity index (χ4v) is 2.37. The van der Waals surface area contributed by atoms with E-state index < -0.39 is 0 Å². The predicted octanol–water partition coefficient (Wildman–Crippen LogP) is 0.677. The van der Waals surface area contributed by atoms with E-state index in [1.807, 2.05) is 0 Å². The van der Waals surface area contributed by atoms with E-state index in [0.29, 0.717) is 12.6 Å². The molecular formula is C12H20N4O. The molecule has 1 atom stereocenters. The van der Waals surface area contributed by atoms with Crippen molar-refractivity contribution < 1.29 is 5.11 Å². The first-order valence-electron chi connectivity index (χ1n) is 6.23. The summed E-state index contributed by atoms with van der Waals surface area (Å²) in [6, 6.07) is 0.500. The zero-order valence-electron chi connectivity index (χ0n) is 10.0. The van der Waals surface area contributed by atoms with Gasteiger partial charge < -0.3 is 15.7 Å². The second-order valence-electron chi connectivity index (χ2n) is 4.43. The van der Waals surface area contributed by atoms with Gasteiger partial charge in [-0.1, -0.05) is 0 Å². The molecule has 94 valence electrons. The summed E-state index contributed by atoms with van der Waals surface area (Å²) in [6.07, 6.45) is 7.80. The number of aromatic nitrogens is 2. The maximum absolute atomic E-state index is 8.89. The number of rotatable bonds is 5. The van der Waals surface area contributed by atoms with Crippen LogP contribution in [0.3, 0.4) is 0 Å². The molecule has 1 saturated heterocycles. The minimum Gasteiger partial charge on any atom is -0.396 e. The molecule has 5 nitrogen and oxygen atoms in total. The van der Waals surface area contributed by atoms with Gasteiger partial charge in [0.15, 0.2) is 0 Å². The van der Waals surface area contributed by atoms with E-state index >= 15 is 0 Å². The topological polar surface area (TPSA) is 75.3 Å². The Labute approximate surface area is 102 Å². The number of hydrogen-bond acceptors (Lipinski definition) is 5. The van der Waals surface area contributed by atoms with Gasteiger partial charge in [0.25, 0.3) is 0 Å². The van der Waals surface area contributed by atoms with Crippen molar-refractivity contribution in [2.75, 3.05) is 18.1 Å². The largest absolute Gasteiger partial charge is 0.396 e. The van der Waals surface area contributed by atoms with Gasteiger partial charge in [0, 0.05) is 25.7 Å². The number of anilines is 1. The van der Waals surface area contributed by atoms with Crippen LogP contribution in [0.2, 0.25) is 0 Å². The van der Waals surface area contributed by atoms with Crippen LogP contribution in [0.4, 0.5) is 5.82 Å². The maximum Gasteiger partial charge on any atom is 0.147 e. The van der Waals surface area contributed by atoms with Crippen molar-refractivity contribution >= 4 is 5.82 Å². The van der Waals surface area contributed by atoms with Crippen LogP contribution in [0.1, 0.15) is 31.4 Å². The summed E-state index contributed by atoms with van der Waals surface area (Å²) in [4.78, 5) is 11.0. The Bertz CT molecular complexity index is 341. The first-order chi connectivity index (χ1) is 8.35. The summed E-state index contributed by atoms with van der Waals surface area (Å²) in [7, 11) is 0. The van der Waals surface area contributed by atoms with E-state index in [9.17, 15) is 0 Å². The van der Waals surface area contributed by atoms with Gasteiger partial charge in [-0.3, -0.25) is 4.98 Å². The molecule has 0 saturated carbocycles. The van der Waals surface area contributed by atoms with Crippen molar-refractivity contribution in [3.63, 3.8) is 0 Å². The highest BCUT2D eigenvalue weighted by atomic mass is 16.2. The summed E-state index contributed by atoms with van der Waals surface area (Å²) < 4.78 is 0. The number of nitrogens with zero attached hydrogens (tertiary/aromatic N) is 3. The van der Waals surface area contributed by atoms with Crippen molar-refractivity contribution in [2.45, 2.75) is 38.3 Å². The number of aliphatic hydroxyl groups is 1. The molecule has 17 heavy (non-hydrogen) atoms. The standard InChI is InChI=1S/C12H20N4O/c13-7-10-8-15-12(9-14-10)16-5-1-3-11(16)4-2-6-17/h8-9,11,17H,1-7,13H2. The van der Waals surface area contributed by atoms with Gasteiger partial charge in [-0.2, -0.15) is 0 Å². The highest BCUT2D eigenvalue weighted by Crippen LogP contribution is 2.25. The monoisotopic (exact) mass is 236 g/mol. The van der Waals surface area contributed by atoms with E-state index in [1.165, 1.54) is 12.8 Å². The summed E-state index contributed by atoms with van der Waals surface area (Å²) in [5.41, 5.74) is 6.32. The molecule has 5 heteroatoms. The average Bonchev–Trinajstić information content (AvgIpc) is 2.84. The second-order valence-corrected chi connectivity index (χ2v) is 4.43. The molecule has 1 aromatic rings. The smallest absolute Gasteiger partial charge is 0.147 e. The Morgan fingerprint density at radius 2 is 2.29 bits per heavy atom. The maximum atomic E-state index is 8.89. The van der Waals surface area contributed by atoms with Gasteiger partial charge >= 0.3 is 0 Å². The number of hydrogen-bond donors (Lipinski definition) is 2. The summed E-state index contributed by atoms with van der Waals surface area (Å²) >= 11 is 0. The SMILES string of the molecule is NCc1cnc(N2CCCC2CCCO)cn1. The summed E-state index contributed by atoms with van der Waals surface area (Å²) in [5, 5.41) is 8.89. The van der Waals surface area contributed by atoms with Crippen molar-refractivity contribution in [1.82, 2.24) is 9.97 Å². The fourth-order valence-electron chi connectivity index (χ4n) is 2.37. The molecule has 1 aliphatic heterocycles. The molecule has 1 aromatic heterocycles. The Hall–Kier alpha value is -1.20. The zero-order chi connectivity index (χ0) is 12.1. The first kappa shape index (κ1) is 12.3. The van der Waals surface area contributed by atoms with Crippen LogP contribution in [-0.2, 0) is 6.54 Å². The van der Waals surface area contributed by atoms with Crippen LogP contribution in [0.5, 0.6) is 0 Å². The lowest BCUT2D eigenvalue weighted by atomic mass is 10.1. The van der Waals surface area contributed by atoms with Crippen molar-refractivity contribution in [3.05, 3.63) is 18.1 Å². The third kappa shape index (κ3) is 2.92. The normalized spacial score (nSPS) is 19.9. The predicted molar refractivity (Wildman–Crippen MR) is 66.6 cm³/mol. The Morgan fingerprint density at radius 1 is 1.41 bits per heavy atom. The lowest BCUT2D eigenvalue weighted by molar-refractivity contribution is 0.279. The zero-order valence-corrected chi connectivity index (χ0v) is 10.0. The Balaban J connectivity index is 2.03. The molecule has 0 spiro atoms. The molecule has 0 bridgehead atoms. The molecular weight excluding hydrogens is 216 g/mol. The molecule has 2 rings (SSSR count). The van der Waals surface area contributed by atoms with Crippen LogP contribution >= 0.6 is 0 Å². The lowest BCUT2D eigenvalue weighted by Gasteiger charge is -2.25. The van der Waals surface area contributed by atoms with E-state index in [2.05, 4.69) is 14.9 Å². The quantitative estimate of drug-likeness (QED) is 0.786. The van der Waals surface area contributed by atoms with Crippen molar-refractivity contribution in [3.8, 4) is 0 Å². The molecule has 1 aliphatic rings. The number of aliphatic hydroxyl groups excluding tert-OH is 1.